The van der Waals surface area contributed by atoms with Gasteiger partial charge in [-0.05, 0) is 36.5 Å². The molecular formula is C27H37N2O3+. The summed E-state index contributed by atoms with van der Waals surface area (Å²) in [6.45, 7) is 2.55. The number of esters is 1. The predicted molar refractivity (Wildman–Crippen MR) is 125 cm³/mol. The number of pyridine rings is 1. The van der Waals surface area contributed by atoms with E-state index in [2.05, 4.69) is 18.1 Å². The first-order valence-electron chi connectivity index (χ1n) is 12.2. The van der Waals surface area contributed by atoms with Crippen LogP contribution >= 0.6 is 0 Å². The van der Waals surface area contributed by atoms with Crippen LogP contribution in [-0.2, 0) is 21.6 Å². The Bertz CT molecular complexity index is 869. The van der Waals surface area contributed by atoms with Crippen molar-refractivity contribution in [2.24, 2.45) is 5.92 Å². The first kappa shape index (κ1) is 22.9. The van der Waals surface area contributed by atoms with Crippen LogP contribution in [0.5, 0.6) is 0 Å². The standard InChI is InChI=1S/C27H37N2O3/c1-29(18-8-11-22-10-7-17-28-20-22)19-9-16-25(29)21-32-26(30)27(31,24-14-5-6-15-24)23-12-3-2-4-13-23/h2-4,7,10,12-13,17,20,24-25,31H,5-6,8-9,11,14-16,18-19,21H2,1H3/q+1/t25?,27-,29?/m0/s1. The maximum atomic E-state index is 13.3. The van der Waals surface area contributed by atoms with E-state index in [9.17, 15) is 9.90 Å². The highest BCUT2D eigenvalue weighted by Crippen LogP contribution is 2.41. The Morgan fingerprint density at radius 1 is 1.12 bits per heavy atom. The Balaban J connectivity index is 1.38. The van der Waals surface area contributed by atoms with Crippen molar-refractivity contribution in [2.45, 2.75) is 63.0 Å². The summed E-state index contributed by atoms with van der Waals surface area (Å²) >= 11 is 0. The van der Waals surface area contributed by atoms with Crippen molar-refractivity contribution >= 4 is 5.97 Å². The smallest absolute Gasteiger partial charge is 0.343 e. The average molecular weight is 438 g/mol. The van der Waals surface area contributed by atoms with Crippen LogP contribution in [0.3, 0.4) is 0 Å². The van der Waals surface area contributed by atoms with Crippen molar-refractivity contribution < 1.29 is 19.1 Å². The lowest BCUT2D eigenvalue weighted by molar-refractivity contribution is -0.921. The number of rotatable bonds is 9. The lowest BCUT2D eigenvalue weighted by atomic mass is 9.80. The molecule has 1 saturated heterocycles. The van der Waals surface area contributed by atoms with Crippen molar-refractivity contribution in [1.29, 1.82) is 0 Å². The van der Waals surface area contributed by atoms with E-state index in [1.807, 2.05) is 48.8 Å². The topological polar surface area (TPSA) is 59.4 Å². The Morgan fingerprint density at radius 2 is 1.91 bits per heavy atom. The first-order valence-corrected chi connectivity index (χ1v) is 12.2. The predicted octanol–water partition coefficient (Wildman–Crippen LogP) is 4.24. The van der Waals surface area contributed by atoms with Crippen molar-refractivity contribution in [2.75, 3.05) is 26.7 Å². The van der Waals surface area contributed by atoms with Gasteiger partial charge in [0, 0.05) is 37.6 Å². The first-order chi connectivity index (χ1) is 15.5. The molecule has 0 amide bonds. The largest absolute Gasteiger partial charge is 0.457 e. The van der Waals surface area contributed by atoms with Gasteiger partial charge in [0.05, 0.1) is 20.1 Å². The van der Waals surface area contributed by atoms with E-state index >= 15 is 0 Å². The van der Waals surface area contributed by atoms with E-state index in [4.69, 9.17) is 4.74 Å². The number of nitrogens with zero attached hydrogens (tertiary/aromatic N) is 2. The monoisotopic (exact) mass is 437 g/mol. The molecule has 1 aliphatic carbocycles. The minimum absolute atomic E-state index is 0.0682. The average Bonchev–Trinajstić information content (AvgIpc) is 3.49. The molecule has 1 aromatic heterocycles. The number of likely N-dealkylation sites (tertiary alicyclic amines) is 1. The fraction of sp³-hybridized carbons (Fsp3) is 0.556. The summed E-state index contributed by atoms with van der Waals surface area (Å²) in [5, 5.41) is 11.6. The molecule has 1 N–H and O–H groups in total. The number of aryl methyl sites for hydroxylation is 1. The van der Waals surface area contributed by atoms with Gasteiger partial charge in [0.15, 0.2) is 5.60 Å². The third-order valence-corrected chi connectivity index (χ3v) is 7.82. The van der Waals surface area contributed by atoms with Crippen LogP contribution in [0.4, 0.5) is 0 Å². The molecule has 2 unspecified atom stereocenters. The normalized spacial score (nSPS) is 25.5. The van der Waals surface area contributed by atoms with E-state index in [0.29, 0.717) is 12.2 Å². The van der Waals surface area contributed by atoms with Gasteiger partial charge in [0.1, 0.15) is 12.6 Å². The highest BCUT2D eigenvalue weighted by Gasteiger charge is 2.48. The second kappa shape index (κ2) is 10.1. The van der Waals surface area contributed by atoms with Crippen LogP contribution in [0.15, 0.2) is 54.9 Å². The van der Waals surface area contributed by atoms with Crippen LogP contribution in [0.25, 0.3) is 0 Å². The highest BCUT2D eigenvalue weighted by atomic mass is 16.6. The van der Waals surface area contributed by atoms with Crippen molar-refractivity contribution in [3.05, 3.63) is 66.0 Å². The second-order valence-corrected chi connectivity index (χ2v) is 9.90. The molecule has 1 aliphatic heterocycles. The highest BCUT2D eigenvalue weighted by molar-refractivity contribution is 5.81. The van der Waals surface area contributed by atoms with Gasteiger partial charge in [0.2, 0.25) is 0 Å². The molecule has 3 atom stereocenters. The third-order valence-electron chi connectivity index (χ3n) is 7.82. The van der Waals surface area contributed by atoms with Crippen molar-refractivity contribution in [3.63, 3.8) is 0 Å². The van der Waals surface area contributed by atoms with Crippen LogP contribution in [-0.4, -0.2) is 53.3 Å². The summed E-state index contributed by atoms with van der Waals surface area (Å²) < 4.78 is 6.83. The fourth-order valence-corrected chi connectivity index (χ4v) is 5.77. The zero-order chi connectivity index (χ0) is 22.4. The number of benzene rings is 1. The molecule has 2 aromatic rings. The van der Waals surface area contributed by atoms with E-state index in [1.54, 1.807) is 0 Å². The van der Waals surface area contributed by atoms with E-state index in [1.165, 1.54) is 5.56 Å². The quantitative estimate of drug-likeness (QED) is 0.471. The number of likely N-dealkylation sites (N-methyl/N-ethyl adjacent to an activating group) is 1. The summed E-state index contributed by atoms with van der Waals surface area (Å²) in [5.74, 6) is -0.536. The number of hydrogen-bond acceptors (Lipinski definition) is 4. The van der Waals surface area contributed by atoms with Gasteiger partial charge in [-0.2, -0.15) is 0 Å². The Labute approximate surface area is 192 Å². The van der Waals surface area contributed by atoms with Gasteiger partial charge in [-0.25, -0.2) is 4.79 Å². The minimum atomic E-state index is -1.54. The molecule has 0 radical (unpaired) electrons. The zero-order valence-electron chi connectivity index (χ0n) is 19.3. The molecule has 0 spiro atoms. The number of aromatic nitrogens is 1. The number of quaternary nitrogens is 1. The van der Waals surface area contributed by atoms with Gasteiger partial charge < -0.3 is 14.3 Å². The molecule has 2 heterocycles. The molecule has 5 heteroatoms. The summed E-state index contributed by atoms with van der Waals surface area (Å²) in [6.07, 6.45) is 11.9. The van der Waals surface area contributed by atoms with Gasteiger partial charge in [-0.3, -0.25) is 4.98 Å². The zero-order valence-corrected chi connectivity index (χ0v) is 19.3. The SMILES string of the molecule is C[N+]1(CCCc2cccnc2)CCCC1COC(=O)[C@](O)(c1ccccc1)C1CCCC1. The van der Waals surface area contributed by atoms with E-state index in [0.717, 1.165) is 68.9 Å². The van der Waals surface area contributed by atoms with Crippen LogP contribution in [0.1, 0.15) is 56.1 Å². The van der Waals surface area contributed by atoms with Gasteiger partial charge in [-0.1, -0.05) is 49.2 Å². The summed E-state index contributed by atoms with van der Waals surface area (Å²) in [5.41, 5.74) is 0.392. The van der Waals surface area contributed by atoms with E-state index in [-0.39, 0.29) is 12.0 Å². The van der Waals surface area contributed by atoms with Crippen molar-refractivity contribution in [1.82, 2.24) is 4.98 Å². The molecule has 5 nitrogen and oxygen atoms in total. The Kier molecular flexibility index (Phi) is 7.27. The molecule has 4 rings (SSSR count). The summed E-state index contributed by atoms with van der Waals surface area (Å²) in [7, 11) is 2.29. The van der Waals surface area contributed by atoms with Crippen LogP contribution in [0, 0.1) is 5.92 Å². The van der Waals surface area contributed by atoms with Gasteiger partial charge in [0.25, 0.3) is 0 Å². The summed E-state index contributed by atoms with van der Waals surface area (Å²) in [4.78, 5) is 17.5. The molecule has 1 saturated carbocycles. The minimum Gasteiger partial charge on any atom is -0.457 e. The maximum Gasteiger partial charge on any atom is 0.343 e. The number of ether oxygens (including phenoxy) is 1. The molecule has 2 fully saturated rings. The lowest BCUT2D eigenvalue weighted by Gasteiger charge is -2.37. The lowest BCUT2D eigenvalue weighted by Crippen LogP contribution is -2.52. The summed E-state index contributed by atoms with van der Waals surface area (Å²) in [6, 6.07) is 13.8. The maximum absolute atomic E-state index is 13.3. The number of hydrogen-bond donors (Lipinski definition) is 1. The molecule has 2 aliphatic rings. The molecule has 0 bridgehead atoms. The molecular weight excluding hydrogens is 400 g/mol. The Hall–Kier alpha value is -2.24. The Morgan fingerprint density at radius 3 is 2.62 bits per heavy atom. The number of carbonyl (C=O) groups is 1. The van der Waals surface area contributed by atoms with Gasteiger partial charge >= 0.3 is 5.97 Å². The molecule has 32 heavy (non-hydrogen) atoms. The molecule has 172 valence electrons. The van der Waals surface area contributed by atoms with Crippen molar-refractivity contribution in [3.8, 4) is 0 Å². The van der Waals surface area contributed by atoms with Crippen LogP contribution in [0.2, 0.25) is 0 Å². The fourth-order valence-electron chi connectivity index (χ4n) is 5.77. The number of carbonyl (C=O) groups excluding carboxylic acids is 1. The third kappa shape index (κ3) is 4.89. The number of aliphatic hydroxyl groups is 1. The van der Waals surface area contributed by atoms with Crippen LogP contribution < -0.4 is 0 Å². The molecule has 1 aromatic carbocycles. The van der Waals surface area contributed by atoms with E-state index < -0.39 is 11.6 Å². The van der Waals surface area contributed by atoms with Gasteiger partial charge in [-0.15, -0.1) is 0 Å². The second-order valence-electron chi connectivity index (χ2n) is 9.90.